The number of ether oxygens (including phenoxy) is 1. The monoisotopic (exact) mass is 298 g/mol. The molecule has 1 saturated carbocycles. The Balaban J connectivity index is 1.98. The zero-order valence-electron chi connectivity index (χ0n) is 12.7. The van der Waals surface area contributed by atoms with Gasteiger partial charge in [0.05, 0.1) is 11.0 Å². The molecule has 0 spiro atoms. The molecular formula is C16H26O3S. The maximum absolute atomic E-state index is 12.9. The molecule has 4 heteroatoms. The van der Waals surface area contributed by atoms with Gasteiger partial charge in [-0.05, 0) is 25.7 Å². The Hall–Kier alpha value is -0.510. The van der Waals surface area contributed by atoms with E-state index in [4.69, 9.17) is 4.74 Å². The van der Waals surface area contributed by atoms with Crippen LogP contribution in [-0.2, 0) is 14.6 Å². The van der Waals surface area contributed by atoms with Gasteiger partial charge >= 0.3 is 0 Å². The summed E-state index contributed by atoms with van der Waals surface area (Å²) in [6.45, 7) is 4.28. The highest BCUT2D eigenvalue weighted by Gasteiger charge is 2.56. The molecule has 3 aliphatic rings. The first-order valence-electron chi connectivity index (χ1n) is 8.18. The smallest absolute Gasteiger partial charge is 0.154 e. The Bertz CT molecular complexity index is 520. The Morgan fingerprint density at radius 2 is 2.00 bits per heavy atom. The molecule has 3 rings (SSSR count). The van der Waals surface area contributed by atoms with Crippen molar-refractivity contribution in [1.29, 1.82) is 0 Å². The number of fused-ring (bicyclic) bond motifs is 2. The minimum Gasteiger partial charge on any atom is -0.458 e. The van der Waals surface area contributed by atoms with E-state index in [-0.39, 0.29) is 16.6 Å². The van der Waals surface area contributed by atoms with Crippen LogP contribution in [0.1, 0.15) is 65.2 Å². The third-order valence-electron chi connectivity index (χ3n) is 5.54. The van der Waals surface area contributed by atoms with E-state index in [1.54, 1.807) is 0 Å². The molecule has 2 aliphatic heterocycles. The van der Waals surface area contributed by atoms with Gasteiger partial charge in [0.25, 0.3) is 0 Å². The zero-order chi connectivity index (χ0) is 14.4. The fourth-order valence-electron chi connectivity index (χ4n) is 4.22. The molecular weight excluding hydrogens is 272 g/mol. The third-order valence-corrected chi connectivity index (χ3v) is 7.98. The molecule has 1 fully saturated rings. The van der Waals surface area contributed by atoms with E-state index in [2.05, 4.69) is 13.8 Å². The Labute approximate surface area is 122 Å². The van der Waals surface area contributed by atoms with E-state index in [1.807, 2.05) is 0 Å². The lowest BCUT2D eigenvalue weighted by Gasteiger charge is -2.33. The van der Waals surface area contributed by atoms with Crippen LogP contribution in [0.5, 0.6) is 0 Å². The van der Waals surface area contributed by atoms with Gasteiger partial charge in [-0.2, -0.15) is 0 Å². The average Bonchev–Trinajstić information content (AvgIpc) is 3.24. The van der Waals surface area contributed by atoms with Crippen molar-refractivity contribution in [3.8, 4) is 0 Å². The summed E-state index contributed by atoms with van der Waals surface area (Å²) < 4.78 is 31.6. The van der Waals surface area contributed by atoms with Gasteiger partial charge in [0.15, 0.2) is 9.84 Å². The number of hydrogen-bond donors (Lipinski definition) is 0. The van der Waals surface area contributed by atoms with Gasteiger partial charge in [0.2, 0.25) is 0 Å². The number of hydrogen-bond acceptors (Lipinski definition) is 3. The molecule has 0 radical (unpaired) electrons. The molecule has 0 bridgehead atoms. The van der Waals surface area contributed by atoms with Crippen molar-refractivity contribution in [2.75, 3.05) is 5.75 Å². The van der Waals surface area contributed by atoms with Gasteiger partial charge in [-0.1, -0.05) is 39.5 Å². The summed E-state index contributed by atoms with van der Waals surface area (Å²) in [7, 11) is -2.99. The molecule has 3 unspecified atom stereocenters. The Kier molecular flexibility index (Phi) is 3.64. The van der Waals surface area contributed by atoms with Crippen molar-refractivity contribution >= 4 is 9.84 Å². The molecule has 0 aromatic rings. The number of sulfone groups is 1. The van der Waals surface area contributed by atoms with Crippen molar-refractivity contribution < 1.29 is 13.2 Å². The normalized spacial score (nSPS) is 38.5. The molecule has 0 saturated heterocycles. The van der Waals surface area contributed by atoms with E-state index in [1.165, 1.54) is 0 Å². The van der Waals surface area contributed by atoms with Crippen LogP contribution >= 0.6 is 0 Å². The lowest BCUT2D eigenvalue weighted by atomic mass is 9.79. The van der Waals surface area contributed by atoms with Crippen LogP contribution in [0, 0.1) is 11.3 Å². The van der Waals surface area contributed by atoms with Crippen molar-refractivity contribution in [2.45, 2.75) is 70.5 Å². The first-order valence-corrected chi connectivity index (χ1v) is 9.89. The molecule has 3 nitrogen and oxygen atoms in total. The van der Waals surface area contributed by atoms with Crippen molar-refractivity contribution in [3.63, 3.8) is 0 Å². The largest absolute Gasteiger partial charge is 0.458 e. The van der Waals surface area contributed by atoms with E-state index in [0.29, 0.717) is 5.75 Å². The number of allylic oxidation sites excluding steroid dienone is 2. The van der Waals surface area contributed by atoms with E-state index < -0.39 is 9.84 Å². The lowest BCUT2D eigenvalue weighted by molar-refractivity contribution is 0.250. The van der Waals surface area contributed by atoms with Gasteiger partial charge in [-0.15, -0.1) is 0 Å². The van der Waals surface area contributed by atoms with E-state index >= 15 is 0 Å². The third kappa shape index (κ3) is 2.20. The summed E-state index contributed by atoms with van der Waals surface area (Å²) >= 11 is 0. The summed E-state index contributed by atoms with van der Waals surface area (Å²) in [5.41, 5.74) is -0.221. The summed E-state index contributed by atoms with van der Waals surface area (Å²) in [5.74, 6) is 2.61. The molecule has 2 heterocycles. The van der Waals surface area contributed by atoms with Crippen LogP contribution < -0.4 is 0 Å². The minimum atomic E-state index is -2.99. The summed E-state index contributed by atoms with van der Waals surface area (Å²) in [6.07, 6.45) is 8.05. The first kappa shape index (κ1) is 14.4. The zero-order valence-corrected chi connectivity index (χ0v) is 13.5. The van der Waals surface area contributed by atoms with Crippen molar-refractivity contribution in [1.82, 2.24) is 0 Å². The van der Waals surface area contributed by atoms with Gasteiger partial charge in [0, 0.05) is 11.3 Å². The number of unbranched alkanes of at least 4 members (excludes halogenated alkanes) is 1. The van der Waals surface area contributed by atoms with Crippen LogP contribution in [0.2, 0.25) is 0 Å². The second-order valence-electron chi connectivity index (χ2n) is 6.77. The standard InChI is InChI=1S/C16H26O3S/c1-3-5-10-16(4-2)11-20(17,18)13-9-7-6-8-12(13)14-15(16)19-14/h12-13H,3-11H2,1-2H3. The minimum absolute atomic E-state index is 0.166. The molecule has 0 N–H and O–H groups in total. The lowest BCUT2D eigenvalue weighted by Crippen LogP contribution is -2.38. The molecule has 20 heavy (non-hydrogen) atoms. The van der Waals surface area contributed by atoms with Crippen molar-refractivity contribution in [2.24, 2.45) is 11.3 Å². The predicted octanol–water partition coefficient (Wildman–Crippen LogP) is 3.80. The van der Waals surface area contributed by atoms with E-state index in [9.17, 15) is 8.42 Å². The fraction of sp³-hybridized carbons (Fsp3) is 0.875. The van der Waals surface area contributed by atoms with Gasteiger partial charge in [-0.25, -0.2) is 8.42 Å². The first-order chi connectivity index (χ1) is 9.54. The second kappa shape index (κ2) is 5.04. The van der Waals surface area contributed by atoms with Gasteiger partial charge < -0.3 is 4.74 Å². The van der Waals surface area contributed by atoms with Gasteiger partial charge in [-0.3, -0.25) is 0 Å². The fourth-order valence-corrected chi connectivity index (χ4v) is 6.97. The highest BCUT2D eigenvalue weighted by molar-refractivity contribution is 7.92. The van der Waals surface area contributed by atoms with Crippen molar-refractivity contribution in [3.05, 3.63) is 11.5 Å². The predicted molar refractivity (Wildman–Crippen MR) is 79.9 cm³/mol. The summed E-state index contributed by atoms with van der Waals surface area (Å²) in [5, 5.41) is -0.168. The Morgan fingerprint density at radius 3 is 2.70 bits per heavy atom. The van der Waals surface area contributed by atoms with Crippen LogP contribution in [-0.4, -0.2) is 19.4 Å². The molecule has 0 amide bonds. The number of rotatable bonds is 4. The summed E-state index contributed by atoms with van der Waals surface area (Å²) in [4.78, 5) is 0. The molecule has 0 aromatic carbocycles. The highest BCUT2D eigenvalue weighted by Crippen LogP contribution is 2.57. The van der Waals surface area contributed by atoms with Crippen LogP contribution in [0.4, 0.5) is 0 Å². The van der Waals surface area contributed by atoms with Gasteiger partial charge in [0.1, 0.15) is 11.5 Å². The average molecular weight is 298 g/mol. The van der Waals surface area contributed by atoms with Crippen LogP contribution in [0.3, 0.4) is 0 Å². The van der Waals surface area contributed by atoms with E-state index in [0.717, 1.165) is 62.9 Å². The Morgan fingerprint density at radius 1 is 1.25 bits per heavy atom. The molecule has 0 aromatic heterocycles. The summed E-state index contributed by atoms with van der Waals surface area (Å²) in [6, 6.07) is 0. The maximum Gasteiger partial charge on any atom is 0.154 e. The quantitative estimate of drug-likeness (QED) is 0.793. The highest BCUT2D eigenvalue weighted by atomic mass is 32.2. The SMILES string of the molecule is CCCCC1(CC)CS(=O)(=O)C2CCCCC2C2=C1O2. The van der Waals surface area contributed by atoms with Crippen LogP contribution in [0.15, 0.2) is 11.5 Å². The second-order valence-corrected chi connectivity index (χ2v) is 8.99. The van der Waals surface area contributed by atoms with Crippen LogP contribution in [0.25, 0.3) is 0 Å². The molecule has 1 aliphatic carbocycles. The topological polar surface area (TPSA) is 46.7 Å². The molecule has 3 atom stereocenters. The molecule has 114 valence electrons. The maximum atomic E-state index is 12.9.